The molecule has 2 atom stereocenters. The van der Waals surface area contributed by atoms with E-state index in [0.29, 0.717) is 11.6 Å². The first kappa shape index (κ1) is 16.0. The minimum atomic E-state index is -0.160. The van der Waals surface area contributed by atoms with Crippen LogP contribution in [-0.2, 0) is 5.54 Å². The number of carbonyl (C=O) groups excluding carboxylic acids is 1. The van der Waals surface area contributed by atoms with Gasteiger partial charge in [-0.05, 0) is 52.5 Å². The van der Waals surface area contributed by atoms with E-state index < -0.39 is 0 Å². The Bertz CT molecular complexity index is 512. The Balaban J connectivity index is 2.18. The second kappa shape index (κ2) is 5.79. The average Bonchev–Trinajstić information content (AvgIpc) is 3.14. The molecule has 0 aromatic carbocycles. The predicted molar refractivity (Wildman–Crippen MR) is 82.4 cm³/mol. The lowest BCUT2D eigenvalue weighted by Gasteiger charge is -2.22. The maximum atomic E-state index is 12.3. The lowest BCUT2D eigenvalue weighted by molar-refractivity contribution is 0.0909. The van der Waals surface area contributed by atoms with Crippen LogP contribution in [0.15, 0.2) is 6.07 Å². The first-order valence-electron chi connectivity index (χ1n) is 7.76. The van der Waals surface area contributed by atoms with Crippen molar-refractivity contribution < 1.29 is 9.90 Å². The molecule has 21 heavy (non-hydrogen) atoms. The van der Waals surface area contributed by atoms with Crippen LogP contribution in [-0.4, -0.2) is 33.4 Å². The van der Waals surface area contributed by atoms with Gasteiger partial charge in [0.05, 0.1) is 5.54 Å². The molecule has 1 aromatic heterocycles. The highest BCUT2D eigenvalue weighted by atomic mass is 16.3. The third kappa shape index (κ3) is 3.64. The van der Waals surface area contributed by atoms with Gasteiger partial charge in [0.15, 0.2) is 0 Å². The van der Waals surface area contributed by atoms with Gasteiger partial charge < -0.3 is 10.4 Å². The molecule has 1 aromatic rings. The Hall–Kier alpha value is -1.36. The van der Waals surface area contributed by atoms with Crippen molar-refractivity contribution in [3.63, 3.8) is 0 Å². The summed E-state index contributed by atoms with van der Waals surface area (Å²) in [5.41, 5.74) is 1.51. The highest BCUT2D eigenvalue weighted by molar-refractivity contribution is 5.92. The van der Waals surface area contributed by atoms with E-state index in [0.717, 1.165) is 5.69 Å². The van der Waals surface area contributed by atoms with Crippen molar-refractivity contribution in [3.8, 4) is 0 Å². The van der Waals surface area contributed by atoms with E-state index in [1.54, 1.807) is 0 Å². The van der Waals surface area contributed by atoms with E-state index in [9.17, 15) is 4.79 Å². The van der Waals surface area contributed by atoms with Crippen molar-refractivity contribution in [1.82, 2.24) is 15.1 Å². The summed E-state index contributed by atoms with van der Waals surface area (Å²) in [4.78, 5) is 12.3. The van der Waals surface area contributed by atoms with Crippen LogP contribution in [0.4, 0.5) is 0 Å². The number of carbonyl (C=O) groups is 1. The second-order valence-electron chi connectivity index (χ2n) is 7.23. The van der Waals surface area contributed by atoms with E-state index >= 15 is 0 Å². The largest absolute Gasteiger partial charge is 0.396 e. The highest BCUT2D eigenvalue weighted by Crippen LogP contribution is 2.41. The molecule has 5 nitrogen and oxygen atoms in total. The van der Waals surface area contributed by atoms with Gasteiger partial charge in [0.1, 0.15) is 5.69 Å². The van der Waals surface area contributed by atoms with Gasteiger partial charge in [-0.25, -0.2) is 0 Å². The van der Waals surface area contributed by atoms with Gasteiger partial charge in [0, 0.05) is 24.3 Å². The minimum absolute atomic E-state index is 0.0292. The predicted octanol–water partition coefficient (Wildman–Crippen LogP) is 2.26. The van der Waals surface area contributed by atoms with Gasteiger partial charge in [-0.15, -0.1) is 0 Å². The summed E-state index contributed by atoms with van der Waals surface area (Å²) in [6.45, 7) is 10.2. The molecule has 0 bridgehead atoms. The summed E-state index contributed by atoms with van der Waals surface area (Å²) in [6, 6.07) is 1.85. The molecule has 1 heterocycles. The molecule has 0 saturated heterocycles. The van der Waals surface area contributed by atoms with E-state index in [1.807, 2.05) is 24.6 Å². The summed E-state index contributed by atoms with van der Waals surface area (Å²) in [5, 5.41) is 16.6. The molecular formula is C16H27N3O2. The molecule has 1 aliphatic rings. The quantitative estimate of drug-likeness (QED) is 0.875. The van der Waals surface area contributed by atoms with Crippen LogP contribution < -0.4 is 5.32 Å². The maximum Gasteiger partial charge on any atom is 0.272 e. The fraction of sp³-hybridized carbons (Fsp3) is 0.750. The molecule has 0 radical (unpaired) electrons. The van der Waals surface area contributed by atoms with E-state index in [-0.39, 0.29) is 30.0 Å². The van der Waals surface area contributed by atoms with Crippen molar-refractivity contribution in [2.75, 3.05) is 6.61 Å². The zero-order valence-electron chi connectivity index (χ0n) is 13.7. The molecule has 1 aliphatic carbocycles. The standard InChI is InChI=1S/C16H27N3O2/c1-10(9-20)11(2)17-15(21)13-8-14(12-6-7-12)19(18-13)16(3,4)5/h8,10-12,20H,6-7,9H2,1-5H3,(H,17,21)/t10-,11+/m1/s1. The van der Waals surface area contributed by atoms with Crippen LogP contribution >= 0.6 is 0 Å². The number of aliphatic hydroxyl groups is 1. The van der Waals surface area contributed by atoms with E-state index in [2.05, 4.69) is 31.2 Å². The third-order valence-electron chi connectivity index (χ3n) is 4.10. The lowest BCUT2D eigenvalue weighted by Crippen LogP contribution is -2.38. The van der Waals surface area contributed by atoms with Gasteiger partial charge in [0.25, 0.3) is 5.91 Å². The molecule has 118 valence electrons. The van der Waals surface area contributed by atoms with E-state index in [4.69, 9.17) is 5.11 Å². The smallest absolute Gasteiger partial charge is 0.272 e. The monoisotopic (exact) mass is 293 g/mol. The van der Waals surface area contributed by atoms with Crippen LogP contribution in [0.25, 0.3) is 0 Å². The molecule has 1 saturated carbocycles. The molecule has 0 spiro atoms. The topological polar surface area (TPSA) is 67.2 Å². The van der Waals surface area contributed by atoms with Crippen LogP contribution in [0, 0.1) is 5.92 Å². The summed E-state index contributed by atoms with van der Waals surface area (Å²) in [6.07, 6.45) is 2.36. The van der Waals surface area contributed by atoms with Gasteiger partial charge in [-0.3, -0.25) is 9.48 Å². The summed E-state index contributed by atoms with van der Waals surface area (Å²) >= 11 is 0. The molecule has 0 aliphatic heterocycles. The Labute approximate surface area is 126 Å². The zero-order chi connectivity index (χ0) is 15.8. The van der Waals surface area contributed by atoms with Crippen LogP contribution in [0.2, 0.25) is 0 Å². The molecule has 0 unspecified atom stereocenters. The normalized spacial score (nSPS) is 18.4. The summed E-state index contributed by atoms with van der Waals surface area (Å²) in [7, 11) is 0. The van der Waals surface area contributed by atoms with E-state index in [1.165, 1.54) is 12.8 Å². The first-order chi connectivity index (χ1) is 9.74. The second-order valence-corrected chi connectivity index (χ2v) is 7.23. The summed E-state index contributed by atoms with van der Waals surface area (Å²) < 4.78 is 1.99. The number of aromatic nitrogens is 2. The average molecular weight is 293 g/mol. The molecule has 1 amide bonds. The number of hydrogen-bond acceptors (Lipinski definition) is 3. The van der Waals surface area contributed by atoms with Crippen LogP contribution in [0.3, 0.4) is 0 Å². The fourth-order valence-corrected chi connectivity index (χ4v) is 2.29. The van der Waals surface area contributed by atoms with Crippen molar-refractivity contribution in [3.05, 3.63) is 17.5 Å². The Morgan fingerprint density at radius 3 is 2.57 bits per heavy atom. The van der Waals surface area contributed by atoms with Crippen molar-refractivity contribution in [1.29, 1.82) is 0 Å². The molecule has 1 fully saturated rings. The van der Waals surface area contributed by atoms with Gasteiger partial charge in [-0.1, -0.05) is 6.92 Å². The van der Waals surface area contributed by atoms with Crippen LogP contribution in [0.1, 0.15) is 69.6 Å². The summed E-state index contributed by atoms with van der Waals surface area (Å²) in [5.74, 6) is 0.418. The SMILES string of the molecule is C[C@H](CO)[C@H](C)NC(=O)c1cc(C2CC2)n(C(C)(C)C)n1. The number of amides is 1. The first-order valence-corrected chi connectivity index (χ1v) is 7.76. The number of rotatable bonds is 5. The number of hydrogen-bond donors (Lipinski definition) is 2. The lowest BCUT2D eigenvalue weighted by atomic mass is 10.1. The third-order valence-corrected chi connectivity index (χ3v) is 4.10. The molecular weight excluding hydrogens is 266 g/mol. The number of nitrogens with zero attached hydrogens (tertiary/aromatic N) is 2. The fourth-order valence-electron chi connectivity index (χ4n) is 2.29. The maximum absolute atomic E-state index is 12.3. The van der Waals surface area contributed by atoms with Gasteiger partial charge in [0.2, 0.25) is 0 Å². The minimum Gasteiger partial charge on any atom is -0.396 e. The van der Waals surface area contributed by atoms with Gasteiger partial charge >= 0.3 is 0 Å². The number of nitrogens with one attached hydrogen (secondary N) is 1. The van der Waals surface area contributed by atoms with Crippen molar-refractivity contribution in [2.45, 2.75) is 65.0 Å². The number of aliphatic hydroxyl groups excluding tert-OH is 1. The Kier molecular flexibility index (Phi) is 4.42. The highest BCUT2D eigenvalue weighted by Gasteiger charge is 2.32. The zero-order valence-corrected chi connectivity index (χ0v) is 13.7. The molecule has 2 N–H and O–H groups in total. The van der Waals surface area contributed by atoms with Gasteiger partial charge in [-0.2, -0.15) is 5.10 Å². The Morgan fingerprint density at radius 2 is 2.10 bits per heavy atom. The van der Waals surface area contributed by atoms with Crippen molar-refractivity contribution >= 4 is 5.91 Å². The Morgan fingerprint density at radius 1 is 1.48 bits per heavy atom. The van der Waals surface area contributed by atoms with Crippen molar-refractivity contribution in [2.24, 2.45) is 5.92 Å². The molecule has 2 rings (SSSR count). The van der Waals surface area contributed by atoms with Crippen LogP contribution in [0.5, 0.6) is 0 Å². The molecule has 5 heteroatoms.